The van der Waals surface area contributed by atoms with Crippen LogP contribution in [0.3, 0.4) is 0 Å². The number of primary sulfonamides is 1. The SMILES string of the molecule is NS(=O)(=O)Cc1cc(Cl)cc(Cl)c1. The largest absolute Gasteiger partial charge is 0.228 e. The standard InChI is InChI=1S/C7H7Cl2NO2S/c8-6-1-5(2-7(9)3-6)4-13(10,11)12/h1-3H,4H2,(H2,10,11,12). The van der Waals surface area contributed by atoms with Gasteiger partial charge in [0.05, 0.1) is 5.75 Å². The van der Waals surface area contributed by atoms with Crippen molar-refractivity contribution in [2.45, 2.75) is 5.75 Å². The Morgan fingerprint density at radius 3 is 2.00 bits per heavy atom. The molecule has 0 spiro atoms. The zero-order valence-corrected chi connectivity index (χ0v) is 8.83. The molecular formula is C7H7Cl2NO2S. The maximum atomic E-state index is 10.7. The second-order valence-corrected chi connectivity index (χ2v) is 5.07. The van der Waals surface area contributed by atoms with Crippen molar-refractivity contribution >= 4 is 33.2 Å². The Morgan fingerprint density at radius 2 is 1.62 bits per heavy atom. The van der Waals surface area contributed by atoms with E-state index in [1.54, 1.807) is 0 Å². The lowest BCUT2D eigenvalue weighted by Crippen LogP contribution is -2.14. The molecule has 0 atom stereocenters. The zero-order valence-electron chi connectivity index (χ0n) is 6.50. The van der Waals surface area contributed by atoms with Gasteiger partial charge in [-0.3, -0.25) is 0 Å². The molecule has 0 aliphatic heterocycles. The van der Waals surface area contributed by atoms with Gasteiger partial charge in [0.15, 0.2) is 0 Å². The molecule has 1 aromatic rings. The van der Waals surface area contributed by atoms with Crippen molar-refractivity contribution in [3.8, 4) is 0 Å². The molecule has 0 fully saturated rings. The van der Waals surface area contributed by atoms with E-state index in [2.05, 4.69) is 0 Å². The van der Waals surface area contributed by atoms with Gasteiger partial charge in [0.2, 0.25) is 10.0 Å². The van der Waals surface area contributed by atoms with Gasteiger partial charge >= 0.3 is 0 Å². The third kappa shape index (κ3) is 3.95. The number of sulfonamides is 1. The van der Waals surface area contributed by atoms with Crippen molar-refractivity contribution in [1.29, 1.82) is 0 Å². The summed E-state index contributed by atoms with van der Waals surface area (Å²) in [5, 5.41) is 5.64. The summed E-state index contributed by atoms with van der Waals surface area (Å²) in [5.74, 6) is -0.257. The Balaban J connectivity index is 3.03. The van der Waals surface area contributed by atoms with Gasteiger partial charge in [-0.05, 0) is 23.8 Å². The minimum Gasteiger partial charge on any atom is -0.228 e. The Bertz CT molecular complexity index is 396. The highest BCUT2D eigenvalue weighted by atomic mass is 35.5. The third-order valence-corrected chi connectivity index (χ3v) is 2.46. The normalized spacial score (nSPS) is 11.6. The first-order valence-electron chi connectivity index (χ1n) is 3.32. The van der Waals surface area contributed by atoms with Crippen LogP contribution in [-0.2, 0) is 15.8 Å². The first kappa shape index (κ1) is 10.8. The van der Waals surface area contributed by atoms with Gasteiger partial charge in [0.25, 0.3) is 0 Å². The van der Waals surface area contributed by atoms with E-state index in [4.69, 9.17) is 28.3 Å². The van der Waals surface area contributed by atoms with Crippen molar-refractivity contribution in [3.63, 3.8) is 0 Å². The predicted molar refractivity (Wildman–Crippen MR) is 53.3 cm³/mol. The van der Waals surface area contributed by atoms with Crippen LogP contribution in [0.25, 0.3) is 0 Å². The highest BCUT2D eigenvalue weighted by molar-refractivity contribution is 7.88. The topological polar surface area (TPSA) is 60.2 Å². The fourth-order valence-electron chi connectivity index (χ4n) is 0.927. The monoisotopic (exact) mass is 239 g/mol. The summed E-state index contributed by atoms with van der Waals surface area (Å²) in [4.78, 5) is 0. The minimum atomic E-state index is -3.53. The summed E-state index contributed by atoms with van der Waals surface area (Å²) in [6, 6.07) is 4.55. The van der Waals surface area contributed by atoms with Gasteiger partial charge in [-0.1, -0.05) is 23.2 Å². The number of benzene rings is 1. The Hall–Kier alpha value is -0.290. The van der Waals surface area contributed by atoms with E-state index < -0.39 is 10.0 Å². The highest BCUT2D eigenvalue weighted by Crippen LogP contribution is 2.19. The van der Waals surface area contributed by atoms with Crippen LogP contribution in [0.15, 0.2) is 18.2 Å². The lowest BCUT2D eigenvalue weighted by atomic mass is 10.2. The molecule has 1 rings (SSSR count). The molecule has 0 unspecified atom stereocenters. The second kappa shape index (κ2) is 3.84. The number of rotatable bonds is 2. The molecule has 1 aromatic carbocycles. The number of hydrogen-bond acceptors (Lipinski definition) is 2. The van der Waals surface area contributed by atoms with Crippen LogP contribution in [0.4, 0.5) is 0 Å². The van der Waals surface area contributed by atoms with Crippen molar-refractivity contribution in [2.75, 3.05) is 0 Å². The minimum absolute atomic E-state index is 0.257. The molecule has 2 N–H and O–H groups in total. The van der Waals surface area contributed by atoms with E-state index in [9.17, 15) is 8.42 Å². The number of halogens is 2. The van der Waals surface area contributed by atoms with Crippen LogP contribution in [0.1, 0.15) is 5.56 Å². The predicted octanol–water partition coefficient (Wildman–Crippen LogP) is 1.78. The van der Waals surface area contributed by atoms with Crippen molar-refractivity contribution in [3.05, 3.63) is 33.8 Å². The van der Waals surface area contributed by atoms with Crippen LogP contribution >= 0.6 is 23.2 Å². The molecule has 0 aliphatic carbocycles. The fourth-order valence-corrected chi connectivity index (χ4v) is 2.13. The van der Waals surface area contributed by atoms with Crippen molar-refractivity contribution < 1.29 is 8.42 Å². The lowest BCUT2D eigenvalue weighted by Gasteiger charge is -2.00. The van der Waals surface area contributed by atoms with Gasteiger partial charge in [-0.25, -0.2) is 13.6 Å². The second-order valence-electron chi connectivity index (χ2n) is 2.58. The van der Waals surface area contributed by atoms with Gasteiger partial charge < -0.3 is 0 Å². The van der Waals surface area contributed by atoms with Crippen LogP contribution in [-0.4, -0.2) is 8.42 Å². The molecule has 0 saturated heterocycles. The van der Waals surface area contributed by atoms with E-state index in [1.165, 1.54) is 18.2 Å². The quantitative estimate of drug-likeness (QED) is 0.856. The molecular weight excluding hydrogens is 233 g/mol. The smallest absolute Gasteiger partial charge is 0.213 e. The maximum absolute atomic E-state index is 10.7. The molecule has 6 heteroatoms. The summed E-state index contributed by atoms with van der Waals surface area (Å²) in [6.07, 6.45) is 0. The van der Waals surface area contributed by atoms with Crippen molar-refractivity contribution in [2.24, 2.45) is 5.14 Å². The molecule has 13 heavy (non-hydrogen) atoms. The Morgan fingerprint density at radius 1 is 1.15 bits per heavy atom. The molecule has 72 valence electrons. The highest BCUT2D eigenvalue weighted by Gasteiger charge is 2.06. The summed E-state index contributed by atoms with van der Waals surface area (Å²) in [6.45, 7) is 0. The summed E-state index contributed by atoms with van der Waals surface area (Å²) in [5.41, 5.74) is 0.486. The number of nitrogens with two attached hydrogens (primary N) is 1. The van der Waals surface area contributed by atoms with Gasteiger partial charge in [0, 0.05) is 10.0 Å². The summed E-state index contributed by atoms with van der Waals surface area (Å²) >= 11 is 11.3. The van der Waals surface area contributed by atoms with Crippen molar-refractivity contribution in [1.82, 2.24) is 0 Å². The lowest BCUT2D eigenvalue weighted by molar-refractivity contribution is 0.597. The Kier molecular flexibility index (Phi) is 3.18. The third-order valence-electron chi connectivity index (χ3n) is 1.29. The molecule has 0 aromatic heterocycles. The van der Waals surface area contributed by atoms with Crippen LogP contribution in [0, 0.1) is 0 Å². The molecule has 0 bridgehead atoms. The fraction of sp³-hybridized carbons (Fsp3) is 0.143. The molecule has 0 heterocycles. The van der Waals surface area contributed by atoms with Crippen LogP contribution < -0.4 is 5.14 Å². The first-order chi connectivity index (χ1) is 5.87. The molecule has 0 saturated carbocycles. The average Bonchev–Trinajstić information content (AvgIpc) is 1.78. The van der Waals surface area contributed by atoms with E-state index in [0.29, 0.717) is 15.6 Å². The Labute approximate surface area is 86.5 Å². The number of hydrogen-bond donors (Lipinski definition) is 1. The molecule has 0 aliphatic rings. The molecule has 0 amide bonds. The summed E-state index contributed by atoms with van der Waals surface area (Å²) < 4.78 is 21.4. The zero-order chi connectivity index (χ0) is 10.1. The average molecular weight is 240 g/mol. The molecule has 0 radical (unpaired) electrons. The van der Waals surface area contributed by atoms with E-state index in [0.717, 1.165) is 0 Å². The van der Waals surface area contributed by atoms with E-state index >= 15 is 0 Å². The van der Waals surface area contributed by atoms with Gasteiger partial charge in [-0.15, -0.1) is 0 Å². The first-order valence-corrected chi connectivity index (χ1v) is 5.79. The van der Waals surface area contributed by atoms with Crippen LogP contribution in [0.2, 0.25) is 10.0 Å². The maximum Gasteiger partial charge on any atom is 0.213 e. The summed E-state index contributed by atoms with van der Waals surface area (Å²) in [7, 11) is -3.53. The van der Waals surface area contributed by atoms with E-state index in [1.807, 2.05) is 0 Å². The van der Waals surface area contributed by atoms with Gasteiger partial charge in [0.1, 0.15) is 0 Å². The molecule has 3 nitrogen and oxygen atoms in total. The van der Waals surface area contributed by atoms with E-state index in [-0.39, 0.29) is 5.75 Å². The van der Waals surface area contributed by atoms with Gasteiger partial charge in [-0.2, -0.15) is 0 Å². The van der Waals surface area contributed by atoms with Crippen LogP contribution in [0.5, 0.6) is 0 Å².